The summed E-state index contributed by atoms with van der Waals surface area (Å²) in [5.74, 6) is 0.356. The van der Waals surface area contributed by atoms with Crippen LogP contribution in [0.4, 0.5) is 0 Å². The van der Waals surface area contributed by atoms with Crippen molar-refractivity contribution in [3.8, 4) is 0 Å². The molecule has 4 heteroatoms. The summed E-state index contributed by atoms with van der Waals surface area (Å²) in [6, 6.07) is 17.1. The van der Waals surface area contributed by atoms with Gasteiger partial charge in [-0.3, -0.25) is 4.79 Å². The topological polar surface area (TPSA) is 55.1 Å². The number of hydrogen-bond acceptors (Lipinski definition) is 2. The zero-order chi connectivity index (χ0) is 15.2. The molecule has 22 heavy (non-hydrogen) atoms. The minimum Gasteiger partial charge on any atom is -0.350 e. The van der Waals surface area contributed by atoms with Crippen LogP contribution in [0.1, 0.15) is 42.5 Å². The van der Waals surface area contributed by atoms with Gasteiger partial charge in [0, 0.05) is 6.54 Å². The number of nitrogens with one attached hydrogen (secondary N) is 1. The van der Waals surface area contributed by atoms with E-state index in [0.717, 1.165) is 11.1 Å². The van der Waals surface area contributed by atoms with Gasteiger partial charge in [0.2, 0.25) is 5.91 Å². The fourth-order valence-electron chi connectivity index (χ4n) is 2.13. The van der Waals surface area contributed by atoms with Gasteiger partial charge in [-0.2, -0.15) is 0 Å². The van der Waals surface area contributed by atoms with Crippen LogP contribution >= 0.6 is 12.4 Å². The molecule has 1 amide bonds. The number of nitrogens with two attached hydrogens (primary N) is 1. The average molecular weight is 319 g/mol. The molecule has 0 saturated carbocycles. The molecule has 1 unspecified atom stereocenters. The first-order chi connectivity index (χ1) is 10.1. The SMILES string of the molecule is CC(C)c1ccc(CNC(=O)C(N)c2ccccc2)cc1.Cl. The van der Waals surface area contributed by atoms with Crippen molar-refractivity contribution >= 4 is 18.3 Å². The van der Waals surface area contributed by atoms with E-state index < -0.39 is 6.04 Å². The van der Waals surface area contributed by atoms with E-state index in [9.17, 15) is 4.79 Å². The maximum Gasteiger partial charge on any atom is 0.241 e. The van der Waals surface area contributed by atoms with Gasteiger partial charge in [-0.05, 0) is 22.6 Å². The van der Waals surface area contributed by atoms with Gasteiger partial charge in [0.15, 0.2) is 0 Å². The Kier molecular flexibility index (Phi) is 7.09. The van der Waals surface area contributed by atoms with E-state index in [0.29, 0.717) is 12.5 Å². The average Bonchev–Trinajstić information content (AvgIpc) is 2.53. The van der Waals surface area contributed by atoms with Gasteiger partial charge in [-0.25, -0.2) is 0 Å². The van der Waals surface area contributed by atoms with Gasteiger partial charge >= 0.3 is 0 Å². The van der Waals surface area contributed by atoms with E-state index in [1.165, 1.54) is 5.56 Å². The Hall–Kier alpha value is -1.84. The van der Waals surface area contributed by atoms with Crippen molar-refractivity contribution in [2.24, 2.45) is 5.73 Å². The van der Waals surface area contributed by atoms with Crippen LogP contribution in [0.5, 0.6) is 0 Å². The molecule has 0 spiro atoms. The van der Waals surface area contributed by atoms with E-state index in [4.69, 9.17) is 5.73 Å². The van der Waals surface area contributed by atoms with Gasteiger partial charge in [0.25, 0.3) is 0 Å². The molecule has 0 radical (unpaired) electrons. The molecule has 0 aromatic heterocycles. The second-order valence-electron chi connectivity index (χ2n) is 5.50. The molecule has 1 atom stereocenters. The second kappa shape index (κ2) is 8.57. The van der Waals surface area contributed by atoms with Crippen molar-refractivity contribution in [3.63, 3.8) is 0 Å². The van der Waals surface area contributed by atoms with Crippen LogP contribution in [0, 0.1) is 0 Å². The van der Waals surface area contributed by atoms with Crippen molar-refractivity contribution < 1.29 is 4.79 Å². The van der Waals surface area contributed by atoms with Crippen LogP contribution in [-0.2, 0) is 11.3 Å². The molecule has 3 N–H and O–H groups in total. The summed E-state index contributed by atoms with van der Waals surface area (Å²) in [4.78, 5) is 12.1. The number of hydrogen-bond donors (Lipinski definition) is 2. The molecule has 0 heterocycles. The van der Waals surface area contributed by atoms with Crippen LogP contribution in [0.3, 0.4) is 0 Å². The second-order valence-corrected chi connectivity index (χ2v) is 5.50. The van der Waals surface area contributed by atoms with Crippen LogP contribution in [0.25, 0.3) is 0 Å². The predicted molar refractivity (Wildman–Crippen MR) is 93.0 cm³/mol. The highest BCUT2D eigenvalue weighted by atomic mass is 35.5. The number of rotatable bonds is 5. The van der Waals surface area contributed by atoms with Crippen LogP contribution < -0.4 is 11.1 Å². The van der Waals surface area contributed by atoms with Crippen LogP contribution in [0.2, 0.25) is 0 Å². The smallest absolute Gasteiger partial charge is 0.241 e. The third-order valence-corrected chi connectivity index (χ3v) is 3.55. The molecular formula is C18H23ClN2O. The van der Waals surface area contributed by atoms with E-state index >= 15 is 0 Å². The zero-order valence-electron chi connectivity index (χ0n) is 13.0. The first-order valence-corrected chi connectivity index (χ1v) is 7.25. The van der Waals surface area contributed by atoms with Gasteiger partial charge in [0.1, 0.15) is 6.04 Å². The summed E-state index contributed by atoms with van der Waals surface area (Å²) in [5.41, 5.74) is 9.15. The predicted octanol–water partition coefficient (Wildman–Crippen LogP) is 3.55. The first kappa shape index (κ1) is 18.2. The highest BCUT2D eigenvalue weighted by Crippen LogP contribution is 2.15. The van der Waals surface area contributed by atoms with E-state index in [2.05, 4.69) is 31.3 Å². The first-order valence-electron chi connectivity index (χ1n) is 7.25. The molecule has 0 aliphatic rings. The Morgan fingerprint density at radius 2 is 1.59 bits per heavy atom. The Balaban J connectivity index is 0.00000242. The van der Waals surface area contributed by atoms with Crippen LogP contribution in [-0.4, -0.2) is 5.91 Å². The van der Waals surface area contributed by atoms with Gasteiger partial charge in [0.05, 0.1) is 0 Å². The standard InChI is InChI=1S/C18H22N2O.ClH/c1-13(2)15-10-8-14(9-11-15)12-20-18(21)17(19)16-6-4-3-5-7-16;/h3-11,13,17H,12,19H2,1-2H3,(H,20,21);1H. The number of benzene rings is 2. The molecule has 2 aromatic rings. The van der Waals surface area contributed by atoms with Crippen molar-refractivity contribution in [1.29, 1.82) is 0 Å². The maximum atomic E-state index is 12.1. The Bertz CT molecular complexity index is 582. The molecule has 118 valence electrons. The minimum atomic E-state index is -0.624. The number of carbonyl (C=O) groups is 1. The number of carbonyl (C=O) groups excluding carboxylic acids is 1. The normalized spacial score (nSPS) is 11.6. The lowest BCUT2D eigenvalue weighted by atomic mass is 10.0. The summed E-state index contributed by atoms with van der Waals surface area (Å²) < 4.78 is 0. The molecule has 0 aliphatic heterocycles. The Morgan fingerprint density at radius 3 is 2.14 bits per heavy atom. The highest BCUT2D eigenvalue weighted by Gasteiger charge is 2.14. The van der Waals surface area contributed by atoms with E-state index in [1.54, 1.807) is 0 Å². The Morgan fingerprint density at radius 1 is 1.00 bits per heavy atom. The minimum absolute atomic E-state index is 0. The number of halogens is 1. The van der Waals surface area contributed by atoms with Crippen molar-refractivity contribution in [2.45, 2.75) is 32.4 Å². The summed E-state index contributed by atoms with van der Waals surface area (Å²) in [6.07, 6.45) is 0. The van der Waals surface area contributed by atoms with Gasteiger partial charge in [-0.1, -0.05) is 68.4 Å². The maximum absolute atomic E-state index is 12.1. The zero-order valence-corrected chi connectivity index (χ0v) is 13.8. The van der Waals surface area contributed by atoms with Crippen molar-refractivity contribution in [1.82, 2.24) is 5.32 Å². The quantitative estimate of drug-likeness (QED) is 0.885. The third kappa shape index (κ3) is 4.86. The van der Waals surface area contributed by atoms with Crippen molar-refractivity contribution in [2.75, 3.05) is 0 Å². The lowest BCUT2D eigenvalue weighted by molar-refractivity contribution is -0.122. The summed E-state index contributed by atoms with van der Waals surface area (Å²) in [5, 5.41) is 2.88. The van der Waals surface area contributed by atoms with Crippen molar-refractivity contribution in [3.05, 3.63) is 71.3 Å². The third-order valence-electron chi connectivity index (χ3n) is 3.55. The Labute approximate surface area is 138 Å². The molecule has 2 rings (SSSR count). The molecule has 0 fully saturated rings. The van der Waals surface area contributed by atoms with Gasteiger partial charge < -0.3 is 11.1 Å². The summed E-state index contributed by atoms with van der Waals surface area (Å²) >= 11 is 0. The monoisotopic (exact) mass is 318 g/mol. The number of amides is 1. The van der Waals surface area contributed by atoms with Crippen LogP contribution in [0.15, 0.2) is 54.6 Å². The summed E-state index contributed by atoms with van der Waals surface area (Å²) in [7, 11) is 0. The molecule has 0 saturated heterocycles. The molecule has 0 bridgehead atoms. The lowest BCUT2D eigenvalue weighted by Crippen LogP contribution is -2.33. The molecule has 0 aliphatic carbocycles. The molecular weight excluding hydrogens is 296 g/mol. The highest BCUT2D eigenvalue weighted by molar-refractivity contribution is 5.85. The molecule has 3 nitrogen and oxygen atoms in total. The fourth-order valence-corrected chi connectivity index (χ4v) is 2.13. The largest absolute Gasteiger partial charge is 0.350 e. The molecule has 2 aromatic carbocycles. The fraction of sp³-hybridized carbons (Fsp3) is 0.278. The summed E-state index contributed by atoms with van der Waals surface area (Å²) in [6.45, 7) is 4.82. The lowest BCUT2D eigenvalue weighted by Gasteiger charge is -2.13. The van der Waals surface area contributed by atoms with Gasteiger partial charge in [-0.15, -0.1) is 12.4 Å². The van der Waals surface area contributed by atoms with E-state index in [-0.39, 0.29) is 18.3 Å². The van der Waals surface area contributed by atoms with E-state index in [1.807, 2.05) is 42.5 Å².